The number of hydrogen-bond donors (Lipinski definition) is 0. The second-order valence-electron chi connectivity index (χ2n) is 16.2. The summed E-state index contributed by atoms with van der Waals surface area (Å²) in [5.74, 6) is 2.83. The number of imidazole rings is 1. The smallest absolute Gasteiger partial charge is 0.164 e. The minimum absolute atomic E-state index is 0.632. The van der Waals surface area contributed by atoms with E-state index in [1.165, 1.54) is 26.9 Å². The average molecular weight is 817 g/mol. The number of aromatic nitrogens is 6. The van der Waals surface area contributed by atoms with E-state index in [1.54, 1.807) is 0 Å². The first kappa shape index (κ1) is 36.0. The van der Waals surface area contributed by atoms with E-state index in [1.807, 2.05) is 60.7 Å². The Balaban J connectivity index is 1.06. The van der Waals surface area contributed by atoms with Crippen molar-refractivity contribution in [2.75, 3.05) is 0 Å². The van der Waals surface area contributed by atoms with E-state index in [9.17, 15) is 0 Å². The van der Waals surface area contributed by atoms with Gasteiger partial charge in [0.05, 0.1) is 27.8 Å². The third-order valence-electron chi connectivity index (χ3n) is 12.5. The number of hydrogen-bond acceptors (Lipinski definition) is 4. The maximum absolute atomic E-state index is 5.32. The van der Waals surface area contributed by atoms with Gasteiger partial charge in [0.1, 0.15) is 5.82 Å². The van der Waals surface area contributed by atoms with Crippen molar-refractivity contribution in [1.82, 2.24) is 29.1 Å². The minimum Gasteiger partial charge on any atom is -0.309 e. The molecule has 13 aromatic rings. The van der Waals surface area contributed by atoms with Gasteiger partial charge in [0.2, 0.25) is 0 Å². The van der Waals surface area contributed by atoms with Gasteiger partial charge in [0.25, 0.3) is 0 Å². The minimum atomic E-state index is 0.632. The molecule has 0 fully saturated rings. The van der Waals surface area contributed by atoms with Crippen LogP contribution in [0.5, 0.6) is 0 Å². The van der Waals surface area contributed by atoms with Crippen molar-refractivity contribution in [2.24, 2.45) is 0 Å². The Kier molecular flexibility index (Phi) is 8.11. The molecule has 0 aliphatic rings. The Bertz CT molecular complexity index is 3870. The molecule has 13 rings (SSSR count). The van der Waals surface area contributed by atoms with Crippen LogP contribution in [-0.2, 0) is 0 Å². The highest BCUT2D eigenvalue weighted by atomic mass is 15.1. The van der Waals surface area contributed by atoms with E-state index >= 15 is 0 Å². The Labute approximate surface area is 368 Å². The zero-order chi connectivity index (χ0) is 42.1. The summed E-state index contributed by atoms with van der Waals surface area (Å²) >= 11 is 0. The van der Waals surface area contributed by atoms with Gasteiger partial charge in [-0.05, 0) is 70.1 Å². The Hall–Kier alpha value is -8.74. The van der Waals surface area contributed by atoms with E-state index in [0.717, 1.165) is 77.7 Å². The van der Waals surface area contributed by atoms with Crippen molar-refractivity contribution in [3.63, 3.8) is 0 Å². The number of fused-ring (bicyclic) bond motifs is 9. The van der Waals surface area contributed by atoms with Crippen LogP contribution in [0.2, 0.25) is 0 Å². The zero-order valence-electron chi connectivity index (χ0n) is 34.5. The molecule has 298 valence electrons. The van der Waals surface area contributed by atoms with Crippen molar-refractivity contribution in [1.29, 1.82) is 0 Å². The second kappa shape index (κ2) is 14.4. The molecule has 0 saturated carbocycles. The van der Waals surface area contributed by atoms with Crippen LogP contribution in [0, 0.1) is 0 Å². The quantitative estimate of drug-likeness (QED) is 0.157. The van der Waals surface area contributed by atoms with Gasteiger partial charge in [-0.3, -0.25) is 4.57 Å². The Morgan fingerprint density at radius 3 is 1.59 bits per heavy atom. The first-order chi connectivity index (χ1) is 31.7. The van der Waals surface area contributed by atoms with Crippen LogP contribution in [0.3, 0.4) is 0 Å². The Morgan fingerprint density at radius 2 is 0.891 bits per heavy atom. The van der Waals surface area contributed by atoms with Gasteiger partial charge in [0.15, 0.2) is 17.5 Å². The number of para-hydroxylation sites is 2. The van der Waals surface area contributed by atoms with E-state index < -0.39 is 0 Å². The molecule has 0 saturated heterocycles. The van der Waals surface area contributed by atoms with Gasteiger partial charge >= 0.3 is 0 Å². The number of benzene rings is 10. The summed E-state index contributed by atoms with van der Waals surface area (Å²) in [4.78, 5) is 20.6. The molecule has 0 aliphatic heterocycles. The standard InChI is InChI=1S/C58H36N6/c1-5-17-38(18-6-1)55-60-56(39-19-7-2-8-20-39)62-57(61-55)46-32-34-51(44-26-14-13-25-43(44)46)64-50-28-16-15-27-45(50)48-36-47-41(35-52(48)64)30-29-37-31-33-49-54(53(37)47)63(42-23-11-4-12-24-42)58(59-49)40-21-9-3-10-22-40/h1-36H. The fourth-order valence-corrected chi connectivity index (χ4v) is 9.64. The van der Waals surface area contributed by atoms with E-state index in [4.69, 9.17) is 19.9 Å². The maximum Gasteiger partial charge on any atom is 0.164 e. The molecule has 6 nitrogen and oxygen atoms in total. The lowest BCUT2D eigenvalue weighted by molar-refractivity contribution is 1.08. The molecule has 0 unspecified atom stereocenters. The van der Waals surface area contributed by atoms with Gasteiger partial charge in [-0.15, -0.1) is 0 Å². The van der Waals surface area contributed by atoms with Crippen LogP contribution >= 0.6 is 0 Å². The molecule has 0 radical (unpaired) electrons. The molecule has 6 heteroatoms. The molecule has 0 amide bonds. The topological polar surface area (TPSA) is 61.4 Å². The van der Waals surface area contributed by atoms with Crippen LogP contribution in [0.15, 0.2) is 218 Å². The lowest BCUT2D eigenvalue weighted by atomic mass is 9.98. The van der Waals surface area contributed by atoms with E-state index in [0.29, 0.717) is 17.5 Å². The summed E-state index contributed by atoms with van der Waals surface area (Å²) in [5, 5.41) is 9.25. The zero-order valence-corrected chi connectivity index (χ0v) is 34.5. The Morgan fingerprint density at radius 1 is 0.328 bits per heavy atom. The van der Waals surface area contributed by atoms with E-state index in [2.05, 4.69) is 167 Å². The van der Waals surface area contributed by atoms with Gasteiger partial charge in [-0.2, -0.15) is 0 Å². The molecule has 0 spiro atoms. The SMILES string of the molecule is c1ccc(-c2nc(-c3ccccc3)nc(-c3ccc(-n4c5ccccc5c5cc6c(ccc7ccc8nc(-c9ccccc9)n(-c9ccccc9)c8c76)cc54)c4ccccc34)n2)cc1. The predicted molar refractivity (Wildman–Crippen MR) is 263 cm³/mol. The van der Waals surface area contributed by atoms with Gasteiger partial charge in [-0.25, -0.2) is 19.9 Å². The second-order valence-corrected chi connectivity index (χ2v) is 16.2. The summed E-state index contributed by atoms with van der Waals surface area (Å²) < 4.78 is 4.77. The summed E-state index contributed by atoms with van der Waals surface area (Å²) in [5.41, 5.74) is 10.4. The molecule has 0 N–H and O–H groups in total. The predicted octanol–water partition coefficient (Wildman–Crippen LogP) is 14.4. The molecular formula is C58H36N6. The lowest BCUT2D eigenvalue weighted by Crippen LogP contribution is -2.01. The highest BCUT2D eigenvalue weighted by Crippen LogP contribution is 2.42. The van der Waals surface area contributed by atoms with Crippen molar-refractivity contribution >= 4 is 65.2 Å². The van der Waals surface area contributed by atoms with Crippen LogP contribution in [0.4, 0.5) is 0 Å². The number of rotatable bonds is 6. The third-order valence-corrected chi connectivity index (χ3v) is 12.5. The van der Waals surface area contributed by atoms with Gasteiger partial charge in [-0.1, -0.05) is 170 Å². The molecule has 3 heterocycles. The summed E-state index contributed by atoms with van der Waals surface area (Å²) in [7, 11) is 0. The summed E-state index contributed by atoms with van der Waals surface area (Å²) in [6.45, 7) is 0. The van der Waals surface area contributed by atoms with Crippen LogP contribution in [0.25, 0.3) is 122 Å². The normalized spacial score (nSPS) is 11.8. The lowest BCUT2D eigenvalue weighted by Gasteiger charge is -2.15. The van der Waals surface area contributed by atoms with Gasteiger partial charge < -0.3 is 4.57 Å². The molecule has 3 aromatic heterocycles. The van der Waals surface area contributed by atoms with Crippen LogP contribution in [0.1, 0.15) is 0 Å². The fourth-order valence-electron chi connectivity index (χ4n) is 9.64. The van der Waals surface area contributed by atoms with Crippen LogP contribution < -0.4 is 0 Å². The molecule has 0 bridgehead atoms. The maximum atomic E-state index is 5.32. The highest BCUT2D eigenvalue weighted by molar-refractivity contribution is 6.24. The average Bonchev–Trinajstić information content (AvgIpc) is 3.92. The van der Waals surface area contributed by atoms with Crippen LogP contribution in [-0.4, -0.2) is 29.1 Å². The highest BCUT2D eigenvalue weighted by Gasteiger charge is 2.22. The van der Waals surface area contributed by atoms with Crippen molar-refractivity contribution < 1.29 is 0 Å². The van der Waals surface area contributed by atoms with Crippen molar-refractivity contribution in [3.05, 3.63) is 218 Å². The monoisotopic (exact) mass is 816 g/mol. The third kappa shape index (κ3) is 5.66. The molecular weight excluding hydrogens is 781 g/mol. The molecule has 0 atom stereocenters. The number of nitrogens with zero attached hydrogens (tertiary/aromatic N) is 6. The van der Waals surface area contributed by atoms with E-state index in [-0.39, 0.29) is 0 Å². The first-order valence-electron chi connectivity index (χ1n) is 21.6. The fraction of sp³-hybridized carbons (Fsp3) is 0. The molecule has 10 aromatic carbocycles. The van der Waals surface area contributed by atoms with Crippen molar-refractivity contribution in [3.8, 4) is 56.9 Å². The summed E-state index contributed by atoms with van der Waals surface area (Å²) in [6, 6.07) is 76.9. The molecule has 64 heavy (non-hydrogen) atoms. The summed E-state index contributed by atoms with van der Waals surface area (Å²) in [6.07, 6.45) is 0. The largest absolute Gasteiger partial charge is 0.309 e. The van der Waals surface area contributed by atoms with Gasteiger partial charge in [0, 0.05) is 49.5 Å². The first-order valence-corrected chi connectivity index (χ1v) is 21.6. The molecule has 0 aliphatic carbocycles. The van der Waals surface area contributed by atoms with Crippen molar-refractivity contribution in [2.45, 2.75) is 0 Å².